The Morgan fingerprint density at radius 1 is 1.42 bits per heavy atom. The van der Waals surface area contributed by atoms with Crippen molar-refractivity contribution in [2.45, 2.75) is 58.0 Å². The molecule has 3 atom stereocenters. The Kier molecular flexibility index (Phi) is 5.64. The van der Waals surface area contributed by atoms with Gasteiger partial charge in [0, 0.05) is 12.1 Å². The summed E-state index contributed by atoms with van der Waals surface area (Å²) in [5.74, 6) is 0.942. The molecule has 0 spiro atoms. The molecule has 0 aliphatic carbocycles. The molecule has 2 N–H and O–H groups in total. The first-order valence-electron chi connectivity index (χ1n) is 7.94. The predicted molar refractivity (Wildman–Crippen MR) is 78.1 cm³/mol. The van der Waals surface area contributed by atoms with E-state index in [2.05, 4.69) is 29.4 Å². The number of hydrogen-bond donors (Lipinski definition) is 2. The molecule has 0 aromatic rings. The van der Waals surface area contributed by atoms with Crippen LogP contribution in [0.4, 0.5) is 0 Å². The van der Waals surface area contributed by atoms with Crippen molar-refractivity contribution in [2.75, 3.05) is 26.2 Å². The number of hydrogen-bond acceptors (Lipinski definition) is 3. The van der Waals surface area contributed by atoms with Crippen LogP contribution in [0, 0.1) is 5.92 Å². The predicted octanol–water partition coefficient (Wildman–Crippen LogP) is 1.37. The van der Waals surface area contributed by atoms with E-state index in [0.717, 1.165) is 32.0 Å². The molecule has 2 aliphatic heterocycles. The van der Waals surface area contributed by atoms with E-state index in [0.29, 0.717) is 18.6 Å². The summed E-state index contributed by atoms with van der Waals surface area (Å²) < 4.78 is 0. The van der Waals surface area contributed by atoms with Crippen molar-refractivity contribution in [2.24, 2.45) is 5.92 Å². The molecule has 0 saturated carbocycles. The minimum atomic E-state index is 0.199. The summed E-state index contributed by atoms with van der Waals surface area (Å²) in [6.07, 6.45) is 6.12. The van der Waals surface area contributed by atoms with E-state index < -0.39 is 0 Å². The van der Waals surface area contributed by atoms with E-state index in [1.165, 1.54) is 25.7 Å². The summed E-state index contributed by atoms with van der Waals surface area (Å²) in [6.45, 7) is 8.16. The van der Waals surface area contributed by atoms with Gasteiger partial charge in [0.2, 0.25) is 5.91 Å². The molecule has 0 bridgehead atoms. The van der Waals surface area contributed by atoms with E-state index in [1.54, 1.807) is 0 Å². The van der Waals surface area contributed by atoms with Gasteiger partial charge in [-0.2, -0.15) is 0 Å². The van der Waals surface area contributed by atoms with Crippen molar-refractivity contribution < 1.29 is 4.79 Å². The van der Waals surface area contributed by atoms with Crippen LogP contribution in [0.2, 0.25) is 0 Å². The SMILES string of the molecule is CCC(C)NC(=O)CN1CCCC1C1CCCNC1. The summed E-state index contributed by atoms with van der Waals surface area (Å²) in [5, 5.41) is 6.58. The highest BCUT2D eigenvalue weighted by atomic mass is 16.2. The third-order valence-corrected chi connectivity index (χ3v) is 4.66. The van der Waals surface area contributed by atoms with Crippen LogP contribution in [0.15, 0.2) is 0 Å². The maximum atomic E-state index is 12.0. The molecule has 2 rings (SSSR count). The topological polar surface area (TPSA) is 44.4 Å². The summed E-state index contributed by atoms with van der Waals surface area (Å²) in [6, 6.07) is 0.917. The lowest BCUT2D eigenvalue weighted by Gasteiger charge is -2.34. The van der Waals surface area contributed by atoms with Crippen LogP contribution in [0.5, 0.6) is 0 Å². The molecule has 0 aromatic heterocycles. The number of nitrogens with one attached hydrogen (secondary N) is 2. The van der Waals surface area contributed by atoms with E-state index in [1.807, 2.05) is 0 Å². The zero-order valence-electron chi connectivity index (χ0n) is 12.5. The second-order valence-corrected chi connectivity index (χ2v) is 6.16. The maximum Gasteiger partial charge on any atom is 0.234 e. The maximum absolute atomic E-state index is 12.0. The van der Waals surface area contributed by atoms with Crippen LogP contribution >= 0.6 is 0 Å². The van der Waals surface area contributed by atoms with Crippen LogP contribution in [-0.2, 0) is 4.79 Å². The first kappa shape index (κ1) is 14.8. The highest BCUT2D eigenvalue weighted by molar-refractivity contribution is 5.78. The first-order valence-corrected chi connectivity index (χ1v) is 7.94. The van der Waals surface area contributed by atoms with Gasteiger partial charge in [-0.1, -0.05) is 6.92 Å². The Hall–Kier alpha value is -0.610. The highest BCUT2D eigenvalue weighted by Crippen LogP contribution is 2.27. The minimum absolute atomic E-state index is 0.199. The Labute approximate surface area is 117 Å². The molecule has 2 aliphatic rings. The Balaban J connectivity index is 1.82. The summed E-state index contributed by atoms with van der Waals surface area (Å²) in [5.41, 5.74) is 0. The second-order valence-electron chi connectivity index (χ2n) is 6.16. The van der Waals surface area contributed by atoms with Gasteiger partial charge in [0.25, 0.3) is 0 Å². The normalized spacial score (nSPS) is 30.2. The lowest BCUT2D eigenvalue weighted by Crippen LogP contribution is -2.47. The van der Waals surface area contributed by atoms with Gasteiger partial charge < -0.3 is 10.6 Å². The van der Waals surface area contributed by atoms with Gasteiger partial charge in [-0.25, -0.2) is 0 Å². The molecule has 2 heterocycles. The zero-order valence-corrected chi connectivity index (χ0v) is 12.5. The number of rotatable bonds is 5. The van der Waals surface area contributed by atoms with E-state index >= 15 is 0 Å². The third kappa shape index (κ3) is 4.18. The quantitative estimate of drug-likeness (QED) is 0.790. The fraction of sp³-hybridized carbons (Fsp3) is 0.933. The monoisotopic (exact) mass is 267 g/mol. The Morgan fingerprint density at radius 3 is 2.95 bits per heavy atom. The van der Waals surface area contributed by atoms with Crippen LogP contribution in [0.25, 0.3) is 0 Å². The smallest absolute Gasteiger partial charge is 0.234 e. The number of carbonyl (C=O) groups is 1. The number of carbonyl (C=O) groups excluding carboxylic acids is 1. The van der Waals surface area contributed by atoms with Crippen LogP contribution in [0.1, 0.15) is 46.0 Å². The molecule has 1 amide bonds. The molecule has 0 radical (unpaired) electrons. The number of piperidine rings is 1. The highest BCUT2D eigenvalue weighted by Gasteiger charge is 2.33. The van der Waals surface area contributed by atoms with Crippen molar-refractivity contribution in [1.82, 2.24) is 15.5 Å². The number of amides is 1. The molecule has 2 saturated heterocycles. The van der Waals surface area contributed by atoms with Crippen LogP contribution < -0.4 is 10.6 Å². The summed E-state index contributed by atoms with van der Waals surface area (Å²) >= 11 is 0. The number of likely N-dealkylation sites (tertiary alicyclic amines) is 1. The van der Waals surface area contributed by atoms with Crippen molar-refractivity contribution in [3.05, 3.63) is 0 Å². The van der Waals surface area contributed by atoms with Crippen molar-refractivity contribution in [3.8, 4) is 0 Å². The van der Waals surface area contributed by atoms with Crippen molar-refractivity contribution >= 4 is 5.91 Å². The lowest BCUT2D eigenvalue weighted by atomic mass is 9.90. The van der Waals surface area contributed by atoms with Crippen molar-refractivity contribution in [1.29, 1.82) is 0 Å². The molecular formula is C15H29N3O. The summed E-state index contributed by atoms with van der Waals surface area (Å²) in [7, 11) is 0. The van der Waals surface area contributed by atoms with Gasteiger partial charge in [0.15, 0.2) is 0 Å². The number of nitrogens with zero attached hydrogens (tertiary/aromatic N) is 1. The van der Waals surface area contributed by atoms with Crippen LogP contribution in [0.3, 0.4) is 0 Å². The molecule has 2 fully saturated rings. The standard InChI is InChI=1S/C15H29N3O/c1-3-12(2)17-15(19)11-18-9-5-7-14(18)13-6-4-8-16-10-13/h12-14,16H,3-11H2,1-2H3,(H,17,19). The third-order valence-electron chi connectivity index (χ3n) is 4.66. The molecular weight excluding hydrogens is 238 g/mol. The molecule has 3 unspecified atom stereocenters. The van der Waals surface area contributed by atoms with Gasteiger partial charge >= 0.3 is 0 Å². The Bertz CT molecular complexity index is 289. The Morgan fingerprint density at radius 2 is 2.26 bits per heavy atom. The van der Waals surface area contributed by atoms with Gasteiger partial charge in [0.1, 0.15) is 0 Å². The van der Waals surface area contributed by atoms with Crippen LogP contribution in [-0.4, -0.2) is 49.1 Å². The summed E-state index contributed by atoms with van der Waals surface area (Å²) in [4.78, 5) is 14.4. The average Bonchev–Trinajstić information content (AvgIpc) is 2.87. The van der Waals surface area contributed by atoms with E-state index in [4.69, 9.17) is 0 Å². The fourth-order valence-electron chi connectivity index (χ4n) is 3.40. The van der Waals surface area contributed by atoms with E-state index in [-0.39, 0.29) is 5.91 Å². The molecule has 4 nitrogen and oxygen atoms in total. The molecule has 0 aromatic carbocycles. The largest absolute Gasteiger partial charge is 0.353 e. The zero-order chi connectivity index (χ0) is 13.7. The molecule has 19 heavy (non-hydrogen) atoms. The van der Waals surface area contributed by atoms with Gasteiger partial charge in [0.05, 0.1) is 6.54 Å². The van der Waals surface area contributed by atoms with Crippen molar-refractivity contribution in [3.63, 3.8) is 0 Å². The first-order chi connectivity index (χ1) is 9.20. The molecule has 4 heteroatoms. The average molecular weight is 267 g/mol. The fourth-order valence-corrected chi connectivity index (χ4v) is 3.40. The van der Waals surface area contributed by atoms with Gasteiger partial charge in [-0.05, 0) is 64.6 Å². The van der Waals surface area contributed by atoms with Gasteiger partial charge in [-0.15, -0.1) is 0 Å². The minimum Gasteiger partial charge on any atom is -0.353 e. The second kappa shape index (κ2) is 7.25. The molecule has 110 valence electrons. The lowest BCUT2D eigenvalue weighted by molar-refractivity contribution is -0.123. The van der Waals surface area contributed by atoms with E-state index in [9.17, 15) is 4.79 Å². The van der Waals surface area contributed by atoms with Gasteiger partial charge in [-0.3, -0.25) is 9.69 Å².